The lowest BCUT2D eigenvalue weighted by atomic mass is 9.93. The Bertz CT molecular complexity index is 1340. The van der Waals surface area contributed by atoms with E-state index in [1.165, 1.54) is 18.2 Å². The first-order valence-electron chi connectivity index (χ1n) is 11.2. The van der Waals surface area contributed by atoms with Crippen LogP contribution in [0.5, 0.6) is 0 Å². The van der Waals surface area contributed by atoms with Crippen LogP contribution < -0.4 is 5.32 Å². The van der Waals surface area contributed by atoms with Crippen LogP contribution >= 0.6 is 0 Å². The standard InChI is InChI=1S/C27H25F2N3O/c1-18-19(6-5-9-23(18)29)17-22-25(20-7-4-8-21(28)16-20)24-10-2-3-13-32(24)26(22)27(33)31-14-11-30-12-15-31/h2-10,13,16,30H,11-12,14-15,17H2,1H3. The molecule has 0 aliphatic carbocycles. The van der Waals surface area contributed by atoms with Gasteiger partial charge in [-0.05, 0) is 59.5 Å². The molecule has 1 saturated heterocycles. The second-order valence-corrected chi connectivity index (χ2v) is 8.41. The monoisotopic (exact) mass is 445 g/mol. The zero-order valence-corrected chi connectivity index (χ0v) is 18.4. The first-order chi connectivity index (χ1) is 16.0. The number of piperazine rings is 1. The largest absolute Gasteiger partial charge is 0.335 e. The van der Waals surface area contributed by atoms with Crippen LogP contribution in [-0.4, -0.2) is 41.4 Å². The number of aromatic nitrogens is 1. The van der Waals surface area contributed by atoms with Gasteiger partial charge in [-0.25, -0.2) is 8.78 Å². The average molecular weight is 446 g/mol. The zero-order chi connectivity index (χ0) is 22.9. The molecule has 4 aromatic rings. The summed E-state index contributed by atoms with van der Waals surface area (Å²) in [6.45, 7) is 4.47. The first-order valence-corrected chi connectivity index (χ1v) is 11.2. The fraction of sp³-hybridized carbons (Fsp3) is 0.222. The molecule has 1 N–H and O–H groups in total. The van der Waals surface area contributed by atoms with Gasteiger partial charge in [0.25, 0.3) is 5.91 Å². The van der Waals surface area contributed by atoms with Crippen molar-refractivity contribution >= 4 is 11.4 Å². The van der Waals surface area contributed by atoms with Crippen LogP contribution in [0.3, 0.4) is 0 Å². The van der Waals surface area contributed by atoms with Gasteiger partial charge in [0.1, 0.15) is 17.3 Å². The molecule has 0 saturated carbocycles. The third-order valence-electron chi connectivity index (χ3n) is 6.41. The van der Waals surface area contributed by atoms with Crippen molar-refractivity contribution in [3.8, 4) is 11.1 Å². The van der Waals surface area contributed by atoms with E-state index in [0.29, 0.717) is 36.3 Å². The van der Waals surface area contributed by atoms with Crippen LogP contribution in [0, 0.1) is 18.6 Å². The fourth-order valence-corrected chi connectivity index (χ4v) is 4.68. The van der Waals surface area contributed by atoms with Gasteiger partial charge in [-0.3, -0.25) is 4.79 Å². The van der Waals surface area contributed by atoms with Crippen molar-refractivity contribution in [2.24, 2.45) is 0 Å². The normalized spacial score (nSPS) is 14.1. The van der Waals surface area contributed by atoms with E-state index in [1.807, 2.05) is 45.8 Å². The van der Waals surface area contributed by atoms with Crippen molar-refractivity contribution in [2.45, 2.75) is 13.3 Å². The Balaban J connectivity index is 1.78. The van der Waals surface area contributed by atoms with E-state index < -0.39 is 0 Å². The van der Waals surface area contributed by atoms with Gasteiger partial charge >= 0.3 is 0 Å². The number of nitrogens with zero attached hydrogens (tertiary/aromatic N) is 2. The summed E-state index contributed by atoms with van der Waals surface area (Å²) in [4.78, 5) is 15.7. The molecule has 3 heterocycles. The van der Waals surface area contributed by atoms with Crippen molar-refractivity contribution in [1.82, 2.24) is 14.6 Å². The van der Waals surface area contributed by atoms with Crippen LogP contribution in [0.15, 0.2) is 66.9 Å². The van der Waals surface area contributed by atoms with E-state index in [-0.39, 0.29) is 17.5 Å². The maximum Gasteiger partial charge on any atom is 0.271 e. The molecule has 1 aliphatic rings. The van der Waals surface area contributed by atoms with Gasteiger partial charge in [0.15, 0.2) is 0 Å². The molecule has 0 bridgehead atoms. The number of hydrogen-bond donors (Lipinski definition) is 1. The number of halogens is 2. The highest BCUT2D eigenvalue weighted by atomic mass is 19.1. The van der Waals surface area contributed by atoms with E-state index in [9.17, 15) is 13.6 Å². The number of rotatable bonds is 4. The van der Waals surface area contributed by atoms with Gasteiger partial charge < -0.3 is 14.6 Å². The third-order valence-corrected chi connectivity index (χ3v) is 6.41. The van der Waals surface area contributed by atoms with Gasteiger partial charge in [0.05, 0.1) is 5.52 Å². The third kappa shape index (κ3) is 3.91. The van der Waals surface area contributed by atoms with Gasteiger partial charge in [0.2, 0.25) is 0 Å². The van der Waals surface area contributed by atoms with E-state index in [1.54, 1.807) is 19.1 Å². The molecule has 2 aromatic heterocycles. The average Bonchev–Trinajstić information content (AvgIpc) is 3.16. The molecule has 1 amide bonds. The summed E-state index contributed by atoms with van der Waals surface area (Å²) in [5, 5.41) is 3.28. The number of amides is 1. The second-order valence-electron chi connectivity index (χ2n) is 8.41. The number of carbonyl (C=O) groups excluding carboxylic acids is 1. The lowest BCUT2D eigenvalue weighted by Gasteiger charge is -2.28. The molecular formula is C27H25F2N3O. The molecule has 0 unspecified atom stereocenters. The quantitative estimate of drug-likeness (QED) is 0.489. The number of nitrogens with one attached hydrogen (secondary N) is 1. The van der Waals surface area contributed by atoms with Gasteiger partial charge in [0, 0.05) is 44.4 Å². The van der Waals surface area contributed by atoms with Gasteiger partial charge in [-0.15, -0.1) is 0 Å². The molecule has 168 valence electrons. The highest BCUT2D eigenvalue weighted by Crippen LogP contribution is 2.36. The predicted octanol–water partition coefficient (Wildman–Crippen LogP) is 4.83. The molecule has 4 nitrogen and oxygen atoms in total. The molecule has 33 heavy (non-hydrogen) atoms. The molecule has 0 atom stereocenters. The lowest BCUT2D eigenvalue weighted by Crippen LogP contribution is -2.46. The summed E-state index contributed by atoms with van der Waals surface area (Å²) in [5.74, 6) is -0.686. The Morgan fingerprint density at radius 1 is 1.00 bits per heavy atom. The number of hydrogen-bond acceptors (Lipinski definition) is 2. The highest BCUT2D eigenvalue weighted by molar-refractivity contribution is 6.01. The Hall–Kier alpha value is -3.51. The van der Waals surface area contributed by atoms with Crippen LogP contribution in [0.2, 0.25) is 0 Å². The maximum atomic E-state index is 14.4. The number of pyridine rings is 1. The SMILES string of the molecule is Cc1c(F)cccc1Cc1c(-c2cccc(F)c2)c2ccccn2c1C(=O)N1CCNCC1. The number of fused-ring (bicyclic) bond motifs is 1. The molecule has 0 spiro atoms. The van der Waals surface area contributed by atoms with Crippen molar-refractivity contribution in [2.75, 3.05) is 26.2 Å². The Kier molecular flexibility index (Phi) is 5.68. The van der Waals surface area contributed by atoms with E-state index in [0.717, 1.165) is 35.3 Å². The minimum Gasteiger partial charge on any atom is -0.335 e. The van der Waals surface area contributed by atoms with Gasteiger partial charge in [-0.2, -0.15) is 0 Å². The summed E-state index contributed by atoms with van der Waals surface area (Å²) in [6, 6.07) is 17.2. The topological polar surface area (TPSA) is 36.8 Å². The van der Waals surface area contributed by atoms with Crippen LogP contribution in [0.1, 0.15) is 27.2 Å². The minimum atomic E-state index is -0.342. The summed E-state index contributed by atoms with van der Waals surface area (Å²) in [5.41, 5.74) is 5.01. The maximum absolute atomic E-state index is 14.4. The summed E-state index contributed by atoms with van der Waals surface area (Å²) < 4.78 is 30.5. The Labute approximate surface area is 191 Å². The molecule has 1 fully saturated rings. The van der Waals surface area contributed by atoms with Crippen molar-refractivity contribution < 1.29 is 13.6 Å². The van der Waals surface area contributed by atoms with Crippen molar-refractivity contribution in [3.63, 3.8) is 0 Å². The molecule has 5 rings (SSSR count). The second kappa shape index (κ2) is 8.79. The highest BCUT2D eigenvalue weighted by Gasteiger charge is 2.28. The molecular weight excluding hydrogens is 420 g/mol. The minimum absolute atomic E-state index is 0.0654. The van der Waals surface area contributed by atoms with Crippen LogP contribution in [0.4, 0.5) is 8.78 Å². The first kappa shape index (κ1) is 21.3. The molecule has 1 aliphatic heterocycles. The van der Waals surface area contributed by atoms with E-state index in [4.69, 9.17) is 0 Å². The van der Waals surface area contributed by atoms with Crippen LogP contribution in [0.25, 0.3) is 16.6 Å². The summed E-state index contributed by atoms with van der Waals surface area (Å²) >= 11 is 0. The smallest absolute Gasteiger partial charge is 0.271 e. The lowest BCUT2D eigenvalue weighted by molar-refractivity contribution is 0.0728. The number of carbonyl (C=O) groups is 1. The van der Waals surface area contributed by atoms with E-state index >= 15 is 0 Å². The van der Waals surface area contributed by atoms with Crippen molar-refractivity contribution in [1.29, 1.82) is 0 Å². The number of benzene rings is 2. The van der Waals surface area contributed by atoms with Crippen LogP contribution in [-0.2, 0) is 6.42 Å². The van der Waals surface area contributed by atoms with E-state index in [2.05, 4.69) is 5.32 Å². The van der Waals surface area contributed by atoms with Crippen molar-refractivity contribution in [3.05, 3.63) is 101 Å². The Morgan fingerprint density at radius 2 is 1.79 bits per heavy atom. The molecule has 2 aromatic carbocycles. The summed E-state index contributed by atoms with van der Waals surface area (Å²) in [7, 11) is 0. The Morgan fingerprint density at radius 3 is 2.58 bits per heavy atom. The molecule has 6 heteroatoms. The predicted molar refractivity (Wildman–Crippen MR) is 126 cm³/mol. The fourth-order valence-electron chi connectivity index (χ4n) is 4.68. The molecule has 0 radical (unpaired) electrons. The zero-order valence-electron chi connectivity index (χ0n) is 18.4. The van der Waals surface area contributed by atoms with Gasteiger partial charge in [-0.1, -0.05) is 30.3 Å². The summed E-state index contributed by atoms with van der Waals surface area (Å²) in [6.07, 6.45) is 2.24.